The van der Waals surface area contributed by atoms with Crippen LogP contribution >= 0.6 is 22.9 Å². The van der Waals surface area contributed by atoms with E-state index >= 15 is 0 Å². The molecule has 0 atom stereocenters. The Kier molecular flexibility index (Phi) is 4.22. The van der Waals surface area contributed by atoms with E-state index in [1.807, 2.05) is 37.4 Å². The summed E-state index contributed by atoms with van der Waals surface area (Å²) in [5.41, 5.74) is 3.81. The number of alkyl halides is 1. The van der Waals surface area contributed by atoms with E-state index in [0.29, 0.717) is 11.0 Å². The number of hydrogen-bond acceptors (Lipinski definition) is 3. The van der Waals surface area contributed by atoms with Gasteiger partial charge in [0.15, 0.2) is 5.13 Å². The summed E-state index contributed by atoms with van der Waals surface area (Å²) in [6.45, 7) is 5.54. The molecule has 0 bridgehead atoms. The van der Waals surface area contributed by atoms with Crippen LogP contribution in [0.4, 0.5) is 10.8 Å². The first-order valence-corrected chi connectivity index (χ1v) is 7.33. The van der Waals surface area contributed by atoms with Crippen molar-refractivity contribution < 1.29 is 4.79 Å². The van der Waals surface area contributed by atoms with E-state index in [0.717, 1.165) is 22.5 Å². The number of halogens is 1. The van der Waals surface area contributed by atoms with Gasteiger partial charge < -0.3 is 0 Å². The van der Waals surface area contributed by atoms with Gasteiger partial charge in [0.25, 0.3) is 0 Å². The summed E-state index contributed by atoms with van der Waals surface area (Å²) in [5.74, 6) is 0.308. The lowest BCUT2D eigenvalue weighted by Crippen LogP contribution is -2.24. The predicted octanol–water partition coefficient (Wildman–Crippen LogP) is 4.18. The molecule has 2 rings (SSSR count). The number of benzene rings is 1. The second-order valence-electron chi connectivity index (χ2n) is 4.35. The van der Waals surface area contributed by atoms with E-state index in [1.165, 1.54) is 11.3 Å². The highest BCUT2D eigenvalue weighted by molar-refractivity contribution is 7.14. The quantitative estimate of drug-likeness (QED) is 0.796. The van der Waals surface area contributed by atoms with Crippen LogP contribution in [0.3, 0.4) is 0 Å². The third-order valence-electron chi connectivity index (χ3n) is 2.85. The number of carbonyl (C=O) groups excluding carboxylic acids is 1. The van der Waals surface area contributed by atoms with Crippen molar-refractivity contribution >= 4 is 39.7 Å². The zero-order valence-electron chi connectivity index (χ0n) is 11.1. The molecule has 0 spiro atoms. The van der Waals surface area contributed by atoms with Crippen LogP contribution in [-0.2, 0) is 10.7 Å². The molecule has 1 aromatic heterocycles. The molecule has 2 aromatic rings. The van der Waals surface area contributed by atoms with Crippen molar-refractivity contribution in [1.82, 2.24) is 4.98 Å². The van der Waals surface area contributed by atoms with E-state index in [-0.39, 0.29) is 5.91 Å². The van der Waals surface area contributed by atoms with Gasteiger partial charge in [-0.3, -0.25) is 9.69 Å². The topological polar surface area (TPSA) is 33.2 Å². The van der Waals surface area contributed by atoms with Gasteiger partial charge in [-0.25, -0.2) is 4.98 Å². The van der Waals surface area contributed by atoms with Gasteiger partial charge in [0.2, 0.25) is 5.91 Å². The Bertz CT molecular complexity index is 589. The second kappa shape index (κ2) is 5.72. The molecule has 19 heavy (non-hydrogen) atoms. The summed E-state index contributed by atoms with van der Waals surface area (Å²) in [6, 6.07) is 5.97. The monoisotopic (exact) mass is 294 g/mol. The molecule has 0 saturated carbocycles. The molecule has 0 fully saturated rings. The average molecular weight is 295 g/mol. The van der Waals surface area contributed by atoms with Crippen molar-refractivity contribution in [2.24, 2.45) is 0 Å². The first kappa shape index (κ1) is 14.0. The molecular weight excluding hydrogens is 280 g/mol. The lowest BCUT2D eigenvalue weighted by atomic mass is 10.1. The minimum atomic E-state index is -0.0483. The van der Waals surface area contributed by atoms with Crippen LogP contribution in [-0.4, -0.2) is 10.9 Å². The van der Waals surface area contributed by atoms with Crippen LogP contribution in [0.1, 0.15) is 23.7 Å². The highest BCUT2D eigenvalue weighted by Crippen LogP contribution is 2.33. The van der Waals surface area contributed by atoms with Crippen LogP contribution in [0.5, 0.6) is 0 Å². The summed E-state index contributed by atoms with van der Waals surface area (Å²) in [4.78, 5) is 18.1. The molecule has 3 nitrogen and oxygen atoms in total. The molecule has 0 N–H and O–H groups in total. The van der Waals surface area contributed by atoms with Crippen LogP contribution in [0.2, 0.25) is 0 Å². The number of aromatic nitrogens is 1. The predicted molar refractivity (Wildman–Crippen MR) is 80.4 cm³/mol. The summed E-state index contributed by atoms with van der Waals surface area (Å²) in [6.07, 6.45) is 0. The van der Waals surface area contributed by atoms with Crippen molar-refractivity contribution in [1.29, 1.82) is 0 Å². The molecular formula is C14H15ClN2OS. The SMILES string of the molecule is CC(=O)N(c1nc(CCl)cs1)c1c(C)cccc1C. The first-order valence-electron chi connectivity index (χ1n) is 5.92. The standard InChI is InChI=1S/C14H15ClN2OS/c1-9-5-4-6-10(2)13(9)17(11(3)18)14-16-12(7-15)8-19-14/h4-6,8H,7H2,1-3H3. The number of hydrogen-bond donors (Lipinski definition) is 0. The van der Waals surface area contributed by atoms with Crippen molar-refractivity contribution in [3.05, 3.63) is 40.4 Å². The first-order chi connectivity index (χ1) is 9.04. The minimum Gasteiger partial charge on any atom is -0.274 e. The maximum absolute atomic E-state index is 12.0. The third kappa shape index (κ3) is 2.80. The van der Waals surface area contributed by atoms with Crippen molar-refractivity contribution in [3.8, 4) is 0 Å². The van der Waals surface area contributed by atoms with E-state index in [2.05, 4.69) is 4.98 Å². The Morgan fingerprint density at radius 1 is 1.37 bits per heavy atom. The van der Waals surface area contributed by atoms with E-state index < -0.39 is 0 Å². The fourth-order valence-electron chi connectivity index (χ4n) is 2.01. The third-order valence-corrected chi connectivity index (χ3v) is 3.99. The summed E-state index contributed by atoms with van der Waals surface area (Å²) in [5, 5.41) is 2.55. The molecule has 100 valence electrons. The van der Waals surface area contributed by atoms with Crippen molar-refractivity contribution in [2.75, 3.05) is 4.90 Å². The summed E-state index contributed by atoms with van der Waals surface area (Å²) >= 11 is 7.21. The molecule has 0 saturated heterocycles. The Balaban J connectivity index is 2.55. The number of rotatable bonds is 3. The van der Waals surface area contributed by atoms with Crippen LogP contribution in [0, 0.1) is 13.8 Å². The molecule has 5 heteroatoms. The smallest absolute Gasteiger partial charge is 0.230 e. The molecule has 0 aliphatic rings. The highest BCUT2D eigenvalue weighted by atomic mass is 35.5. The van der Waals surface area contributed by atoms with Crippen LogP contribution in [0.25, 0.3) is 0 Å². The van der Waals surface area contributed by atoms with Crippen molar-refractivity contribution in [2.45, 2.75) is 26.7 Å². The molecule has 0 aliphatic carbocycles. The Morgan fingerprint density at radius 2 is 2.00 bits per heavy atom. The number of carbonyl (C=O) groups is 1. The molecule has 1 heterocycles. The number of para-hydroxylation sites is 1. The summed E-state index contributed by atoms with van der Waals surface area (Å²) in [7, 11) is 0. The lowest BCUT2D eigenvalue weighted by molar-refractivity contribution is -0.115. The largest absolute Gasteiger partial charge is 0.274 e. The normalized spacial score (nSPS) is 10.5. The Labute approximate surface area is 121 Å². The molecule has 0 aliphatic heterocycles. The second-order valence-corrected chi connectivity index (χ2v) is 5.45. The zero-order valence-corrected chi connectivity index (χ0v) is 12.7. The van der Waals surface area contributed by atoms with Gasteiger partial charge in [-0.1, -0.05) is 18.2 Å². The number of thiazole rings is 1. The van der Waals surface area contributed by atoms with Crippen molar-refractivity contribution in [3.63, 3.8) is 0 Å². The fourth-order valence-corrected chi connectivity index (χ4v) is 3.11. The molecule has 1 amide bonds. The van der Waals surface area contributed by atoms with Gasteiger partial charge in [-0.15, -0.1) is 22.9 Å². The molecule has 0 radical (unpaired) electrons. The maximum Gasteiger partial charge on any atom is 0.230 e. The highest BCUT2D eigenvalue weighted by Gasteiger charge is 2.21. The van der Waals surface area contributed by atoms with Crippen LogP contribution in [0.15, 0.2) is 23.6 Å². The van der Waals surface area contributed by atoms with Gasteiger partial charge in [-0.2, -0.15) is 0 Å². The maximum atomic E-state index is 12.0. The average Bonchev–Trinajstić information content (AvgIpc) is 2.81. The lowest BCUT2D eigenvalue weighted by Gasteiger charge is -2.22. The van der Waals surface area contributed by atoms with E-state index in [1.54, 1.807) is 11.8 Å². The minimum absolute atomic E-state index is 0.0483. The number of nitrogens with zero attached hydrogens (tertiary/aromatic N) is 2. The Hall–Kier alpha value is -1.39. The number of aryl methyl sites for hydroxylation is 2. The Morgan fingerprint density at radius 3 is 2.47 bits per heavy atom. The number of amides is 1. The summed E-state index contributed by atoms with van der Waals surface area (Å²) < 4.78 is 0. The van der Waals surface area contributed by atoms with E-state index in [4.69, 9.17) is 11.6 Å². The zero-order chi connectivity index (χ0) is 14.0. The van der Waals surface area contributed by atoms with Gasteiger partial charge in [0, 0.05) is 12.3 Å². The molecule has 0 unspecified atom stereocenters. The molecule has 1 aromatic carbocycles. The van der Waals surface area contributed by atoms with Gasteiger partial charge >= 0.3 is 0 Å². The van der Waals surface area contributed by atoms with Gasteiger partial charge in [0.05, 0.1) is 17.3 Å². The van der Waals surface area contributed by atoms with E-state index in [9.17, 15) is 4.79 Å². The number of anilines is 2. The fraction of sp³-hybridized carbons (Fsp3) is 0.286. The van der Waals surface area contributed by atoms with Crippen LogP contribution < -0.4 is 4.90 Å². The van der Waals surface area contributed by atoms with Gasteiger partial charge in [0.1, 0.15) is 0 Å². The van der Waals surface area contributed by atoms with Gasteiger partial charge in [-0.05, 0) is 25.0 Å².